The van der Waals surface area contributed by atoms with Crippen molar-refractivity contribution in [1.29, 1.82) is 0 Å². The molecule has 0 radical (unpaired) electrons. The lowest BCUT2D eigenvalue weighted by Gasteiger charge is -2.17. The molecule has 0 bridgehead atoms. The van der Waals surface area contributed by atoms with Gasteiger partial charge in [-0.1, -0.05) is 30.8 Å². The monoisotopic (exact) mass is 443 g/mol. The quantitative estimate of drug-likeness (QED) is 0.183. The van der Waals surface area contributed by atoms with Crippen molar-refractivity contribution in [1.82, 2.24) is 9.55 Å². The van der Waals surface area contributed by atoms with Crippen LogP contribution in [0, 0.1) is 16.0 Å². The molecule has 2 heterocycles. The topological polar surface area (TPSA) is 95.1 Å². The molecule has 1 atom stereocenters. The maximum absolute atomic E-state index is 13.2. The number of ketones is 1. The van der Waals surface area contributed by atoms with E-state index in [4.69, 9.17) is 4.98 Å². The van der Waals surface area contributed by atoms with Crippen LogP contribution in [0.4, 0.5) is 5.69 Å². The van der Waals surface area contributed by atoms with E-state index in [1.807, 2.05) is 6.92 Å². The Morgan fingerprint density at radius 2 is 2.23 bits per heavy atom. The molecule has 1 aromatic carbocycles. The second-order valence-electron chi connectivity index (χ2n) is 7.49. The second kappa shape index (κ2) is 8.31. The number of hydrogen-bond donors (Lipinski definition) is 0. The molecule has 156 valence electrons. The molecule has 0 saturated heterocycles. The zero-order valence-electron chi connectivity index (χ0n) is 16.7. The van der Waals surface area contributed by atoms with Crippen LogP contribution >= 0.6 is 23.1 Å². The zero-order chi connectivity index (χ0) is 21.4. The van der Waals surface area contributed by atoms with E-state index in [0.29, 0.717) is 17.6 Å². The van der Waals surface area contributed by atoms with Crippen LogP contribution in [0.3, 0.4) is 0 Å². The van der Waals surface area contributed by atoms with E-state index in [9.17, 15) is 19.7 Å². The molecule has 4 rings (SSSR count). The molecular formula is C21H21N3O4S2. The Morgan fingerprint density at radius 1 is 1.43 bits per heavy atom. The first kappa shape index (κ1) is 20.7. The molecule has 0 amide bonds. The summed E-state index contributed by atoms with van der Waals surface area (Å²) >= 11 is 2.79. The maximum atomic E-state index is 13.2. The summed E-state index contributed by atoms with van der Waals surface area (Å²) in [4.78, 5) is 42.9. The van der Waals surface area contributed by atoms with Crippen molar-refractivity contribution in [3.05, 3.63) is 60.7 Å². The largest absolute Gasteiger partial charge is 0.293 e. The van der Waals surface area contributed by atoms with Gasteiger partial charge in [0.05, 0.1) is 16.1 Å². The van der Waals surface area contributed by atoms with Crippen LogP contribution in [0.25, 0.3) is 10.2 Å². The summed E-state index contributed by atoms with van der Waals surface area (Å²) in [5, 5.41) is 12.2. The Morgan fingerprint density at radius 3 is 2.97 bits per heavy atom. The van der Waals surface area contributed by atoms with Crippen LogP contribution in [0.5, 0.6) is 0 Å². The normalized spacial score (nSPS) is 15.9. The van der Waals surface area contributed by atoms with Crippen molar-refractivity contribution in [2.75, 3.05) is 5.75 Å². The lowest BCUT2D eigenvalue weighted by Crippen LogP contribution is -2.23. The number of thioether (sulfide) groups is 1. The van der Waals surface area contributed by atoms with Crippen molar-refractivity contribution >= 4 is 44.8 Å². The van der Waals surface area contributed by atoms with Gasteiger partial charge >= 0.3 is 0 Å². The highest BCUT2D eigenvalue weighted by Crippen LogP contribution is 2.36. The average Bonchev–Trinajstić information content (AvgIpc) is 3.09. The Balaban J connectivity index is 1.64. The van der Waals surface area contributed by atoms with Crippen molar-refractivity contribution in [3.8, 4) is 0 Å². The third kappa shape index (κ3) is 3.79. The second-order valence-corrected chi connectivity index (χ2v) is 9.52. The average molecular weight is 444 g/mol. The fourth-order valence-electron chi connectivity index (χ4n) is 3.80. The SMILES string of the molecule is CCn1c(SCC(=O)c2cccc([N+](=O)[O-])c2)nc2sc3c(c2c1=O)CCC(C)C3. The summed E-state index contributed by atoms with van der Waals surface area (Å²) in [5.41, 5.74) is 1.27. The van der Waals surface area contributed by atoms with Gasteiger partial charge in [0.15, 0.2) is 10.9 Å². The van der Waals surface area contributed by atoms with Gasteiger partial charge in [-0.2, -0.15) is 0 Å². The molecule has 0 spiro atoms. The lowest BCUT2D eigenvalue weighted by atomic mass is 9.89. The van der Waals surface area contributed by atoms with Crippen LogP contribution in [0.2, 0.25) is 0 Å². The number of nitrogens with zero attached hydrogens (tertiary/aromatic N) is 3. The van der Waals surface area contributed by atoms with Gasteiger partial charge in [0.1, 0.15) is 4.83 Å². The Hall–Kier alpha value is -2.52. The van der Waals surface area contributed by atoms with E-state index in [1.54, 1.807) is 22.0 Å². The van der Waals surface area contributed by atoms with Crippen molar-refractivity contribution in [2.24, 2.45) is 5.92 Å². The van der Waals surface area contributed by atoms with Crippen LogP contribution in [-0.4, -0.2) is 26.0 Å². The Bertz CT molecular complexity index is 1210. The van der Waals surface area contributed by atoms with Crippen LogP contribution in [0.15, 0.2) is 34.2 Å². The fourth-order valence-corrected chi connectivity index (χ4v) is 6.18. The molecule has 0 aliphatic heterocycles. The first-order valence-electron chi connectivity index (χ1n) is 9.84. The van der Waals surface area contributed by atoms with Crippen LogP contribution < -0.4 is 5.56 Å². The van der Waals surface area contributed by atoms with Gasteiger partial charge < -0.3 is 0 Å². The molecular weight excluding hydrogens is 422 g/mol. The number of rotatable bonds is 6. The number of nitro benzene ring substituents is 1. The molecule has 30 heavy (non-hydrogen) atoms. The van der Waals surface area contributed by atoms with Gasteiger partial charge in [0.25, 0.3) is 11.2 Å². The minimum absolute atomic E-state index is 0.0418. The highest BCUT2D eigenvalue weighted by atomic mass is 32.2. The first-order valence-corrected chi connectivity index (χ1v) is 11.6. The third-order valence-corrected chi connectivity index (χ3v) is 7.53. The molecule has 7 nitrogen and oxygen atoms in total. The summed E-state index contributed by atoms with van der Waals surface area (Å²) < 4.78 is 1.62. The molecule has 0 saturated carbocycles. The summed E-state index contributed by atoms with van der Waals surface area (Å²) in [6.07, 6.45) is 2.98. The van der Waals surface area contributed by atoms with E-state index in [2.05, 4.69) is 6.92 Å². The standard InChI is InChI=1S/C21H21N3O4S2/c1-3-23-20(26)18-15-8-7-12(2)9-17(15)30-19(18)22-21(23)29-11-16(25)13-5-4-6-14(10-13)24(27)28/h4-6,10,12H,3,7-9,11H2,1-2H3. The van der Waals surface area contributed by atoms with Crippen LogP contribution in [0.1, 0.15) is 41.1 Å². The van der Waals surface area contributed by atoms with Gasteiger partial charge in [-0.15, -0.1) is 11.3 Å². The minimum atomic E-state index is -0.520. The molecule has 1 unspecified atom stereocenters. The number of thiophene rings is 1. The third-order valence-electron chi connectivity index (χ3n) is 5.41. The minimum Gasteiger partial charge on any atom is -0.293 e. The Kier molecular flexibility index (Phi) is 5.75. The van der Waals surface area contributed by atoms with Gasteiger partial charge in [0.2, 0.25) is 0 Å². The summed E-state index contributed by atoms with van der Waals surface area (Å²) in [6, 6.07) is 5.70. The van der Waals surface area contributed by atoms with Gasteiger partial charge in [-0.05, 0) is 37.7 Å². The van der Waals surface area contributed by atoms with E-state index >= 15 is 0 Å². The number of aromatic nitrogens is 2. The van der Waals surface area contributed by atoms with Gasteiger partial charge in [0, 0.05) is 29.1 Å². The summed E-state index contributed by atoms with van der Waals surface area (Å²) in [7, 11) is 0. The maximum Gasteiger partial charge on any atom is 0.270 e. The number of carbonyl (C=O) groups is 1. The van der Waals surface area contributed by atoms with Gasteiger partial charge in [-0.3, -0.25) is 24.3 Å². The summed E-state index contributed by atoms with van der Waals surface area (Å²) in [6.45, 7) is 4.59. The predicted molar refractivity (Wildman–Crippen MR) is 119 cm³/mol. The first-order chi connectivity index (χ1) is 14.4. The number of benzene rings is 1. The van der Waals surface area contributed by atoms with Crippen molar-refractivity contribution in [2.45, 2.75) is 44.8 Å². The smallest absolute Gasteiger partial charge is 0.270 e. The number of aryl methyl sites for hydroxylation is 1. The van der Waals surface area contributed by atoms with E-state index in [1.165, 1.54) is 34.8 Å². The lowest BCUT2D eigenvalue weighted by molar-refractivity contribution is -0.384. The van der Waals surface area contributed by atoms with Crippen LogP contribution in [-0.2, 0) is 19.4 Å². The van der Waals surface area contributed by atoms with E-state index < -0.39 is 4.92 Å². The van der Waals surface area contributed by atoms with Gasteiger partial charge in [-0.25, -0.2) is 4.98 Å². The van der Waals surface area contributed by atoms with E-state index in [-0.39, 0.29) is 28.3 Å². The molecule has 9 heteroatoms. The zero-order valence-corrected chi connectivity index (χ0v) is 18.3. The number of Topliss-reactive ketones (excluding diaryl/α,β-unsaturated/α-hetero) is 1. The summed E-state index contributed by atoms with van der Waals surface area (Å²) in [5.74, 6) is 0.432. The van der Waals surface area contributed by atoms with Crippen molar-refractivity contribution < 1.29 is 9.72 Å². The number of hydrogen-bond acceptors (Lipinski definition) is 7. The molecule has 1 aliphatic carbocycles. The molecule has 0 fully saturated rings. The van der Waals surface area contributed by atoms with Crippen molar-refractivity contribution in [3.63, 3.8) is 0 Å². The fraction of sp³-hybridized carbons (Fsp3) is 0.381. The highest BCUT2D eigenvalue weighted by molar-refractivity contribution is 7.99. The molecule has 0 N–H and O–H groups in total. The predicted octanol–water partition coefficient (Wildman–Crippen LogP) is 4.49. The Labute approximate surface area is 181 Å². The molecule has 1 aliphatic rings. The molecule has 3 aromatic rings. The molecule has 2 aromatic heterocycles. The number of fused-ring (bicyclic) bond motifs is 3. The number of non-ortho nitro benzene ring substituents is 1. The number of carbonyl (C=O) groups excluding carboxylic acids is 1. The van der Waals surface area contributed by atoms with E-state index in [0.717, 1.165) is 35.0 Å². The number of nitro groups is 1. The highest BCUT2D eigenvalue weighted by Gasteiger charge is 2.24.